The maximum absolute atomic E-state index is 2.43. The van der Waals surface area contributed by atoms with Crippen molar-refractivity contribution in [3.8, 4) is 0 Å². The van der Waals surface area contributed by atoms with E-state index < -0.39 is 0 Å². The highest BCUT2D eigenvalue weighted by Crippen LogP contribution is 2.44. The molecule has 0 atom stereocenters. The highest BCUT2D eigenvalue weighted by molar-refractivity contribution is 6.08. The molecule has 0 bridgehead atoms. The van der Waals surface area contributed by atoms with Crippen molar-refractivity contribution in [3.05, 3.63) is 57.6 Å². The van der Waals surface area contributed by atoms with Gasteiger partial charge in [-0.1, -0.05) is 65.8 Å². The summed E-state index contributed by atoms with van der Waals surface area (Å²) in [4.78, 5) is 0. The van der Waals surface area contributed by atoms with Gasteiger partial charge < -0.3 is 0 Å². The Morgan fingerprint density at radius 2 is 0.615 bits per heavy atom. The number of benzene rings is 3. The summed E-state index contributed by atoms with van der Waals surface area (Å²) < 4.78 is 0. The van der Waals surface area contributed by atoms with Gasteiger partial charge in [0.1, 0.15) is 0 Å². The van der Waals surface area contributed by atoms with Crippen LogP contribution >= 0.6 is 0 Å². The van der Waals surface area contributed by atoms with E-state index in [1.807, 2.05) is 0 Å². The standard InChI is InChI=1S/C26H34/c1-15-11-19-20(12-16(15)2)24(26(8,9)10)22-14-18(4)17(3)13-21(22)23(19)25(5,6)7/h11-14H,1-10H3. The molecule has 0 saturated carbocycles. The van der Waals surface area contributed by atoms with E-state index in [2.05, 4.69) is 93.5 Å². The number of rotatable bonds is 0. The predicted molar refractivity (Wildman–Crippen MR) is 118 cm³/mol. The Hall–Kier alpha value is -1.82. The van der Waals surface area contributed by atoms with E-state index in [4.69, 9.17) is 0 Å². The van der Waals surface area contributed by atoms with Gasteiger partial charge in [-0.15, -0.1) is 0 Å². The molecule has 3 rings (SSSR count). The highest BCUT2D eigenvalue weighted by atomic mass is 14.3. The monoisotopic (exact) mass is 346 g/mol. The van der Waals surface area contributed by atoms with E-state index >= 15 is 0 Å². The molecule has 3 aromatic rings. The first-order valence-corrected chi connectivity index (χ1v) is 9.81. The highest BCUT2D eigenvalue weighted by Gasteiger charge is 2.27. The zero-order valence-corrected chi connectivity index (χ0v) is 18.3. The molecule has 3 aromatic carbocycles. The Morgan fingerprint density at radius 3 is 0.769 bits per heavy atom. The van der Waals surface area contributed by atoms with Crippen molar-refractivity contribution in [3.63, 3.8) is 0 Å². The summed E-state index contributed by atoms with van der Waals surface area (Å²) in [6.45, 7) is 23.1. The molecule has 26 heavy (non-hydrogen) atoms. The lowest BCUT2D eigenvalue weighted by Gasteiger charge is -2.31. The minimum atomic E-state index is 0.0936. The molecule has 0 fully saturated rings. The summed E-state index contributed by atoms with van der Waals surface area (Å²) in [5.41, 5.74) is 8.68. The molecule has 0 saturated heterocycles. The Labute approximate surface area is 159 Å². The van der Waals surface area contributed by atoms with Crippen molar-refractivity contribution in [1.82, 2.24) is 0 Å². The zero-order valence-electron chi connectivity index (χ0n) is 18.3. The van der Waals surface area contributed by atoms with E-state index in [-0.39, 0.29) is 10.8 Å². The first-order chi connectivity index (χ1) is 11.8. The average Bonchev–Trinajstić information content (AvgIpc) is 2.45. The van der Waals surface area contributed by atoms with Gasteiger partial charge in [0, 0.05) is 0 Å². The predicted octanol–water partition coefficient (Wildman–Crippen LogP) is 7.82. The van der Waals surface area contributed by atoms with Gasteiger partial charge in [-0.05, 0) is 93.5 Å². The van der Waals surface area contributed by atoms with Gasteiger partial charge in [-0.3, -0.25) is 0 Å². The fraction of sp³-hybridized carbons (Fsp3) is 0.462. The third-order valence-corrected chi connectivity index (χ3v) is 5.85. The summed E-state index contributed by atoms with van der Waals surface area (Å²) in [6.07, 6.45) is 0. The van der Waals surface area contributed by atoms with Crippen LogP contribution in [0.3, 0.4) is 0 Å². The first kappa shape index (κ1) is 19.0. The van der Waals surface area contributed by atoms with Gasteiger partial charge in [0.05, 0.1) is 0 Å². The first-order valence-electron chi connectivity index (χ1n) is 9.81. The lowest BCUT2D eigenvalue weighted by atomic mass is 9.73. The van der Waals surface area contributed by atoms with Crippen LogP contribution in [0.5, 0.6) is 0 Å². The van der Waals surface area contributed by atoms with E-state index in [1.165, 1.54) is 54.9 Å². The second-order valence-corrected chi connectivity index (χ2v) is 10.2. The van der Waals surface area contributed by atoms with Crippen molar-refractivity contribution < 1.29 is 0 Å². The van der Waals surface area contributed by atoms with Gasteiger partial charge in [-0.2, -0.15) is 0 Å². The van der Waals surface area contributed by atoms with Gasteiger partial charge in [0.25, 0.3) is 0 Å². The maximum atomic E-state index is 2.43. The van der Waals surface area contributed by atoms with E-state index in [0.717, 1.165) is 0 Å². The molecule has 0 radical (unpaired) electrons. The van der Waals surface area contributed by atoms with Gasteiger partial charge in [0.2, 0.25) is 0 Å². The fourth-order valence-corrected chi connectivity index (χ4v) is 4.37. The fourth-order valence-electron chi connectivity index (χ4n) is 4.37. The molecule has 138 valence electrons. The molecule has 0 nitrogen and oxygen atoms in total. The molecule has 0 aliphatic rings. The SMILES string of the molecule is Cc1cc2c(C(C)(C)C)c3cc(C)c(C)cc3c(C(C)(C)C)c2cc1C. The van der Waals surface area contributed by atoms with Crippen molar-refractivity contribution in [2.24, 2.45) is 0 Å². The topological polar surface area (TPSA) is 0 Å². The third kappa shape index (κ3) is 2.94. The maximum Gasteiger partial charge on any atom is -0.0120 e. The summed E-state index contributed by atoms with van der Waals surface area (Å²) in [5.74, 6) is 0. The van der Waals surface area contributed by atoms with Crippen LogP contribution in [0.4, 0.5) is 0 Å². The lowest BCUT2D eigenvalue weighted by Crippen LogP contribution is -2.18. The Balaban J connectivity index is 2.75. The quantitative estimate of drug-likeness (QED) is 0.364. The molecule has 0 aliphatic heterocycles. The molecular weight excluding hydrogens is 312 g/mol. The lowest BCUT2D eigenvalue weighted by molar-refractivity contribution is 0.593. The summed E-state index contributed by atoms with van der Waals surface area (Å²) >= 11 is 0. The third-order valence-electron chi connectivity index (χ3n) is 5.85. The minimum absolute atomic E-state index is 0.0936. The molecule has 0 aromatic heterocycles. The molecule has 0 spiro atoms. The Morgan fingerprint density at radius 1 is 0.423 bits per heavy atom. The van der Waals surface area contributed by atoms with Crippen LogP contribution in [0.15, 0.2) is 24.3 Å². The van der Waals surface area contributed by atoms with E-state index in [1.54, 1.807) is 0 Å². The number of aryl methyl sites for hydroxylation is 4. The zero-order chi connectivity index (χ0) is 19.6. The van der Waals surface area contributed by atoms with Crippen molar-refractivity contribution in [2.75, 3.05) is 0 Å². The van der Waals surface area contributed by atoms with Crippen molar-refractivity contribution in [2.45, 2.75) is 80.1 Å². The number of hydrogen-bond acceptors (Lipinski definition) is 0. The van der Waals surface area contributed by atoms with Gasteiger partial charge in [0.15, 0.2) is 0 Å². The van der Waals surface area contributed by atoms with Gasteiger partial charge in [-0.25, -0.2) is 0 Å². The van der Waals surface area contributed by atoms with Crippen molar-refractivity contribution >= 4 is 21.5 Å². The minimum Gasteiger partial charge on any atom is -0.0560 e. The van der Waals surface area contributed by atoms with E-state index in [0.29, 0.717) is 0 Å². The molecule has 0 aliphatic carbocycles. The molecule has 0 amide bonds. The normalized spacial score (nSPS) is 13.0. The summed E-state index contributed by atoms with van der Waals surface area (Å²) in [6, 6.07) is 9.70. The summed E-state index contributed by atoms with van der Waals surface area (Å²) in [7, 11) is 0. The van der Waals surface area contributed by atoms with Crippen LogP contribution in [-0.2, 0) is 10.8 Å². The van der Waals surface area contributed by atoms with Crippen LogP contribution in [0, 0.1) is 27.7 Å². The second kappa shape index (κ2) is 5.84. The smallest absolute Gasteiger partial charge is 0.0120 e. The van der Waals surface area contributed by atoms with E-state index in [9.17, 15) is 0 Å². The van der Waals surface area contributed by atoms with Crippen LogP contribution in [-0.4, -0.2) is 0 Å². The summed E-state index contributed by atoms with van der Waals surface area (Å²) in [5, 5.41) is 5.73. The largest absolute Gasteiger partial charge is 0.0560 e. The molecule has 0 heterocycles. The van der Waals surface area contributed by atoms with Crippen LogP contribution < -0.4 is 0 Å². The second-order valence-electron chi connectivity index (χ2n) is 10.2. The number of hydrogen-bond donors (Lipinski definition) is 0. The van der Waals surface area contributed by atoms with Crippen molar-refractivity contribution in [1.29, 1.82) is 0 Å². The van der Waals surface area contributed by atoms with Crippen LogP contribution in [0.2, 0.25) is 0 Å². The van der Waals surface area contributed by atoms with Crippen LogP contribution in [0.1, 0.15) is 74.9 Å². The Kier molecular flexibility index (Phi) is 4.26. The van der Waals surface area contributed by atoms with Crippen LogP contribution in [0.25, 0.3) is 21.5 Å². The molecule has 0 unspecified atom stereocenters. The molecule has 0 heteroatoms. The molecular formula is C26H34. The number of fused-ring (bicyclic) bond motifs is 2. The Bertz CT molecular complexity index is 865. The van der Waals surface area contributed by atoms with Gasteiger partial charge >= 0.3 is 0 Å². The average molecular weight is 347 g/mol. The molecule has 0 N–H and O–H groups in total.